The van der Waals surface area contributed by atoms with Crippen LogP contribution >= 0.6 is 0 Å². The Morgan fingerprint density at radius 3 is 3.00 bits per heavy atom. The predicted molar refractivity (Wildman–Crippen MR) is 62.0 cm³/mol. The number of hydrogen-bond acceptors (Lipinski definition) is 4. The summed E-state index contributed by atoms with van der Waals surface area (Å²) in [7, 11) is 0. The third-order valence-corrected chi connectivity index (χ3v) is 2.29. The number of nitrogens with two attached hydrogens (primary N) is 1. The molecule has 0 saturated heterocycles. The molecule has 0 spiro atoms. The molecule has 2 N–H and O–H groups in total. The fourth-order valence-electron chi connectivity index (χ4n) is 1.56. The summed E-state index contributed by atoms with van der Waals surface area (Å²) in [5.41, 5.74) is 7.54. The highest BCUT2D eigenvalue weighted by Gasteiger charge is 2.06. The van der Waals surface area contributed by atoms with Crippen LogP contribution in [0.15, 0.2) is 28.8 Å². The van der Waals surface area contributed by atoms with E-state index in [0.29, 0.717) is 12.3 Å². The Bertz CT molecular complexity index is 465. The molecule has 4 nitrogen and oxygen atoms in total. The zero-order valence-electron chi connectivity index (χ0n) is 9.31. The zero-order chi connectivity index (χ0) is 11.4. The first kappa shape index (κ1) is 10.7. The standard InChI is InChI=1S/C12H15N3O/c1-2-4-11-14-12(16-15-11)8-9-5-3-6-10(13)7-9/h3,5-7H,2,4,8,13H2,1H3. The second-order valence-corrected chi connectivity index (χ2v) is 3.78. The van der Waals surface area contributed by atoms with Gasteiger partial charge in [0.1, 0.15) is 0 Å². The number of aromatic nitrogens is 2. The summed E-state index contributed by atoms with van der Waals surface area (Å²) in [6.45, 7) is 2.09. The van der Waals surface area contributed by atoms with Gasteiger partial charge in [0, 0.05) is 12.1 Å². The number of benzene rings is 1. The van der Waals surface area contributed by atoms with Crippen LogP contribution < -0.4 is 5.73 Å². The number of hydrogen-bond donors (Lipinski definition) is 1. The highest BCUT2D eigenvalue weighted by atomic mass is 16.5. The van der Waals surface area contributed by atoms with Crippen molar-refractivity contribution in [3.05, 3.63) is 41.5 Å². The van der Waals surface area contributed by atoms with Crippen molar-refractivity contribution in [3.63, 3.8) is 0 Å². The van der Waals surface area contributed by atoms with Crippen LogP contribution in [0.25, 0.3) is 0 Å². The van der Waals surface area contributed by atoms with Crippen LogP contribution in [0, 0.1) is 0 Å². The molecular formula is C12H15N3O. The maximum absolute atomic E-state index is 5.70. The minimum absolute atomic E-state index is 0.641. The maximum atomic E-state index is 5.70. The summed E-state index contributed by atoms with van der Waals surface area (Å²) in [5, 5.41) is 3.91. The van der Waals surface area contributed by atoms with Gasteiger partial charge in [0.2, 0.25) is 5.89 Å². The van der Waals surface area contributed by atoms with Gasteiger partial charge in [-0.15, -0.1) is 0 Å². The van der Waals surface area contributed by atoms with Gasteiger partial charge in [-0.25, -0.2) is 0 Å². The summed E-state index contributed by atoms with van der Waals surface area (Å²) in [6.07, 6.45) is 2.53. The lowest BCUT2D eigenvalue weighted by atomic mass is 10.1. The number of aryl methyl sites for hydroxylation is 1. The highest BCUT2D eigenvalue weighted by molar-refractivity contribution is 5.41. The molecule has 0 aliphatic rings. The first-order valence-corrected chi connectivity index (χ1v) is 5.44. The van der Waals surface area contributed by atoms with Crippen LogP contribution in [0.3, 0.4) is 0 Å². The highest BCUT2D eigenvalue weighted by Crippen LogP contribution is 2.11. The Hall–Kier alpha value is -1.84. The molecule has 1 aromatic carbocycles. The summed E-state index contributed by atoms with van der Waals surface area (Å²) in [4.78, 5) is 4.31. The average Bonchev–Trinajstić information content (AvgIpc) is 2.66. The molecule has 0 radical (unpaired) electrons. The molecule has 0 atom stereocenters. The van der Waals surface area contributed by atoms with Crippen molar-refractivity contribution < 1.29 is 4.52 Å². The number of nitrogen functional groups attached to an aromatic ring is 1. The molecule has 1 aromatic heterocycles. The molecule has 0 saturated carbocycles. The number of anilines is 1. The van der Waals surface area contributed by atoms with Gasteiger partial charge in [-0.1, -0.05) is 24.2 Å². The Kier molecular flexibility index (Phi) is 3.19. The molecule has 84 valence electrons. The van der Waals surface area contributed by atoms with Gasteiger partial charge in [-0.05, 0) is 24.1 Å². The zero-order valence-corrected chi connectivity index (χ0v) is 9.31. The lowest BCUT2D eigenvalue weighted by molar-refractivity contribution is 0.379. The summed E-state index contributed by atoms with van der Waals surface area (Å²) < 4.78 is 5.16. The minimum Gasteiger partial charge on any atom is -0.399 e. The molecule has 0 aliphatic heterocycles. The average molecular weight is 217 g/mol. The third kappa shape index (κ3) is 2.59. The Labute approximate surface area is 94.5 Å². The van der Waals surface area contributed by atoms with E-state index < -0.39 is 0 Å². The second kappa shape index (κ2) is 4.79. The fraction of sp³-hybridized carbons (Fsp3) is 0.333. The molecule has 0 amide bonds. The molecule has 16 heavy (non-hydrogen) atoms. The minimum atomic E-state index is 0.641. The summed E-state index contributed by atoms with van der Waals surface area (Å²) >= 11 is 0. The van der Waals surface area contributed by atoms with Gasteiger partial charge in [0.25, 0.3) is 0 Å². The second-order valence-electron chi connectivity index (χ2n) is 3.78. The van der Waals surface area contributed by atoms with Crippen molar-refractivity contribution in [2.24, 2.45) is 0 Å². The molecule has 2 rings (SSSR count). The van der Waals surface area contributed by atoms with E-state index in [-0.39, 0.29) is 0 Å². The quantitative estimate of drug-likeness (QED) is 0.797. The van der Waals surface area contributed by atoms with Gasteiger partial charge < -0.3 is 10.3 Å². The Balaban J connectivity index is 2.08. The van der Waals surface area contributed by atoms with E-state index in [1.807, 2.05) is 24.3 Å². The molecule has 4 heteroatoms. The van der Waals surface area contributed by atoms with E-state index in [4.69, 9.17) is 10.3 Å². The molecule has 2 aromatic rings. The van der Waals surface area contributed by atoms with E-state index in [0.717, 1.165) is 29.9 Å². The van der Waals surface area contributed by atoms with E-state index in [2.05, 4.69) is 17.1 Å². The number of rotatable bonds is 4. The van der Waals surface area contributed by atoms with Crippen LogP contribution in [-0.2, 0) is 12.8 Å². The topological polar surface area (TPSA) is 64.9 Å². The molecule has 0 bridgehead atoms. The van der Waals surface area contributed by atoms with E-state index >= 15 is 0 Å². The summed E-state index contributed by atoms with van der Waals surface area (Å²) in [6, 6.07) is 7.71. The SMILES string of the molecule is CCCc1noc(Cc2cccc(N)c2)n1. The fourth-order valence-corrected chi connectivity index (χ4v) is 1.56. The van der Waals surface area contributed by atoms with Crippen LogP contribution in [0.4, 0.5) is 5.69 Å². The van der Waals surface area contributed by atoms with E-state index in [9.17, 15) is 0 Å². The van der Waals surface area contributed by atoms with Crippen LogP contribution in [0.5, 0.6) is 0 Å². The number of nitrogens with zero attached hydrogens (tertiary/aromatic N) is 2. The first-order valence-electron chi connectivity index (χ1n) is 5.44. The van der Waals surface area contributed by atoms with Gasteiger partial charge in [-0.2, -0.15) is 4.98 Å². The third-order valence-electron chi connectivity index (χ3n) is 2.29. The normalized spacial score (nSPS) is 10.6. The van der Waals surface area contributed by atoms with Crippen LogP contribution in [0.1, 0.15) is 30.6 Å². The van der Waals surface area contributed by atoms with Crippen molar-refractivity contribution in [3.8, 4) is 0 Å². The van der Waals surface area contributed by atoms with E-state index in [1.54, 1.807) is 0 Å². The first-order chi connectivity index (χ1) is 7.78. The lowest BCUT2D eigenvalue weighted by Gasteiger charge is -1.97. The van der Waals surface area contributed by atoms with Crippen molar-refractivity contribution in [2.45, 2.75) is 26.2 Å². The van der Waals surface area contributed by atoms with Crippen LogP contribution in [-0.4, -0.2) is 10.1 Å². The van der Waals surface area contributed by atoms with Crippen molar-refractivity contribution in [1.82, 2.24) is 10.1 Å². The largest absolute Gasteiger partial charge is 0.399 e. The molecular weight excluding hydrogens is 202 g/mol. The molecule has 0 fully saturated rings. The summed E-state index contributed by atoms with van der Waals surface area (Å²) in [5.74, 6) is 1.43. The lowest BCUT2D eigenvalue weighted by Crippen LogP contribution is -1.92. The van der Waals surface area contributed by atoms with Gasteiger partial charge in [-0.3, -0.25) is 0 Å². The van der Waals surface area contributed by atoms with Gasteiger partial charge in [0.05, 0.1) is 6.42 Å². The van der Waals surface area contributed by atoms with Gasteiger partial charge >= 0.3 is 0 Å². The monoisotopic (exact) mass is 217 g/mol. The molecule has 0 unspecified atom stereocenters. The van der Waals surface area contributed by atoms with Crippen molar-refractivity contribution in [2.75, 3.05) is 5.73 Å². The molecule has 0 aliphatic carbocycles. The molecule has 1 heterocycles. The smallest absolute Gasteiger partial charge is 0.231 e. The van der Waals surface area contributed by atoms with Gasteiger partial charge in [0.15, 0.2) is 5.82 Å². The maximum Gasteiger partial charge on any atom is 0.231 e. The van der Waals surface area contributed by atoms with Crippen molar-refractivity contribution >= 4 is 5.69 Å². The predicted octanol–water partition coefficient (Wildman–Crippen LogP) is 2.20. The Morgan fingerprint density at radius 2 is 2.25 bits per heavy atom. The van der Waals surface area contributed by atoms with Crippen molar-refractivity contribution in [1.29, 1.82) is 0 Å². The van der Waals surface area contributed by atoms with Crippen LogP contribution in [0.2, 0.25) is 0 Å². The Morgan fingerprint density at radius 1 is 1.38 bits per heavy atom. The van der Waals surface area contributed by atoms with E-state index in [1.165, 1.54) is 0 Å².